The molecule has 1 fully saturated rings. The molecular weight excluding hydrogens is 172 g/mol. The summed E-state index contributed by atoms with van der Waals surface area (Å²) in [7, 11) is 0. The van der Waals surface area contributed by atoms with Gasteiger partial charge in [0.05, 0.1) is 5.92 Å². The van der Waals surface area contributed by atoms with Crippen LogP contribution in [-0.4, -0.2) is 22.2 Å². The zero-order valence-electron chi connectivity index (χ0n) is 6.93. The zero-order chi connectivity index (χ0) is 9.59. The van der Waals surface area contributed by atoms with Gasteiger partial charge in [0.1, 0.15) is 0 Å². The Kier molecular flexibility index (Phi) is 1.65. The third-order valence-corrected chi connectivity index (χ3v) is 3.01. The van der Waals surface area contributed by atoms with Crippen molar-refractivity contribution >= 4 is 11.9 Å². The minimum atomic E-state index is -0.892. The molecule has 0 heterocycles. The summed E-state index contributed by atoms with van der Waals surface area (Å²) in [5, 5.41) is 17.5. The Morgan fingerprint density at radius 3 is 2.38 bits per heavy atom. The maximum atomic E-state index is 10.7. The molecule has 2 N–H and O–H groups in total. The molecule has 13 heavy (non-hydrogen) atoms. The quantitative estimate of drug-likeness (QED) is 0.660. The van der Waals surface area contributed by atoms with Gasteiger partial charge in [-0.3, -0.25) is 4.79 Å². The van der Waals surface area contributed by atoms with E-state index in [1.54, 1.807) is 6.08 Å². The highest BCUT2D eigenvalue weighted by atomic mass is 16.4. The lowest BCUT2D eigenvalue weighted by atomic mass is 9.90. The smallest absolute Gasteiger partial charge is 0.331 e. The highest BCUT2D eigenvalue weighted by Crippen LogP contribution is 2.47. The van der Waals surface area contributed by atoms with Crippen LogP contribution in [-0.2, 0) is 9.59 Å². The maximum absolute atomic E-state index is 10.7. The number of rotatable bonds is 2. The second-order valence-corrected chi connectivity index (χ2v) is 3.70. The predicted octanol–water partition coefficient (Wildman–Crippen LogP) is 0.738. The third-order valence-electron chi connectivity index (χ3n) is 3.01. The van der Waals surface area contributed by atoms with Gasteiger partial charge in [0.15, 0.2) is 0 Å². The largest absolute Gasteiger partial charge is 0.481 e. The molecule has 4 heteroatoms. The fraction of sp³-hybridized carbons (Fsp3) is 0.556. The standard InChI is InChI=1S/C9H10O4/c10-8(11)6-2-4-1-5(6)3-7(4)9(12)13/h2,4-5,7H,1,3H2,(H,10,11)(H,12,13)/t4-,5-,7+/m1/s1. The van der Waals surface area contributed by atoms with Crippen LogP contribution >= 0.6 is 0 Å². The average Bonchev–Trinajstić information content (AvgIpc) is 2.60. The molecule has 2 aliphatic carbocycles. The van der Waals surface area contributed by atoms with Crippen molar-refractivity contribution in [3.8, 4) is 0 Å². The average molecular weight is 182 g/mol. The molecule has 1 saturated carbocycles. The molecule has 0 radical (unpaired) electrons. The van der Waals surface area contributed by atoms with Crippen molar-refractivity contribution in [2.45, 2.75) is 12.8 Å². The first kappa shape index (κ1) is 8.29. The van der Waals surface area contributed by atoms with E-state index in [9.17, 15) is 9.59 Å². The number of aliphatic carboxylic acids is 2. The normalized spacial score (nSPS) is 36.0. The summed E-state index contributed by atoms with van der Waals surface area (Å²) in [6.07, 6.45) is 2.83. The fourth-order valence-corrected chi connectivity index (χ4v) is 2.41. The van der Waals surface area contributed by atoms with Crippen molar-refractivity contribution < 1.29 is 19.8 Å². The van der Waals surface area contributed by atoms with E-state index < -0.39 is 11.9 Å². The molecule has 0 aromatic rings. The van der Waals surface area contributed by atoms with Crippen LogP contribution in [0.1, 0.15) is 12.8 Å². The van der Waals surface area contributed by atoms with Crippen LogP contribution in [0.3, 0.4) is 0 Å². The van der Waals surface area contributed by atoms with Crippen LogP contribution in [0.4, 0.5) is 0 Å². The van der Waals surface area contributed by atoms with Crippen molar-refractivity contribution in [2.75, 3.05) is 0 Å². The molecule has 0 saturated heterocycles. The first-order valence-corrected chi connectivity index (χ1v) is 4.27. The first-order chi connectivity index (χ1) is 6.09. The minimum Gasteiger partial charge on any atom is -0.481 e. The van der Waals surface area contributed by atoms with E-state index in [-0.39, 0.29) is 17.8 Å². The lowest BCUT2D eigenvalue weighted by Gasteiger charge is -2.14. The number of hydrogen-bond donors (Lipinski definition) is 2. The number of carboxylic acid groups (broad SMARTS) is 2. The van der Waals surface area contributed by atoms with Gasteiger partial charge in [-0.15, -0.1) is 0 Å². The molecule has 0 spiro atoms. The highest BCUT2D eigenvalue weighted by Gasteiger charge is 2.45. The number of carboxylic acids is 2. The monoisotopic (exact) mass is 182 g/mol. The van der Waals surface area contributed by atoms with E-state index in [4.69, 9.17) is 10.2 Å². The van der Waals surface area contributed by atoms with Crippen molar-refractivity contribution in [2.24, 2.45) is 17.8 Å². The Morgan fingerprint density at radius 1 is 1.31 bits per heavy atom. The van der Waals surface area contributed by atoms with Gasteiger partial charge < -0.3 is 10.2 Å². The van der Waals surface area contributed by atoms with E-state index >= 15 is 0 Å². The van der Waals surface area contributed by atoms with Gasteiger partial charge in [-0.2, -0.15) is 0 Å². The Morgan fingerprint density at radius 2 is 2.00 bits per heavy atom. The Bertz CT molecular complexity index is 305. The van der Waals surface area contributed by atoms with Crippen LogP contribution in [0.2, 0.25) is 0 Å². The van der Waals surface area contributed by atoms with Crippen LogP contribution in [0.25, 0.3) is 0 Å². The molecule has 2 rings (SSSR count). The van der Waals surface area contributed by atoms with E-state index in [1.165, 1.54) is 0 Å². The van der Waals surface area contributed by atoms with E-state index in [0.29, 0.717) is 18.4 Å². The Hall–Kier alpha value is -1.32. The third kappa shape index (κ3) is 1.13. The predicted molar refractivity (Wildman–Crippen MR) is 43.1 cm³/mol. The number of carbonyl (C=O) groups is 2. The summed E-state index contributed by atoms with van der Waals surface area (Å²) >= 11 is 0. The summed E-state index contributed by atoms with van der Waals surface area (Å²) in [6.45, 7) is 0. The van der Waals surface area contributed by atoms with Crippen LogP contribution in [0, 0.1) is 17.8 Å². The first-order valence-electron chi connectivity index (χ1n) is 4.27. The Labute approximate surface area is 74.9 Å². The van der Waals surface area contributed by atoms with Gasteiger partial charge >= 0.3 is 11.9 Å². The summed E-state index contributed by atoms with van der Waals surface area (Å²) < 4.78 is 0. The second-order valence-electron chi connectivity index (χ2n) is 3.70. The molecule has 3 atom stereocenters. The van der Waals surface area contributed by atoms with Gasteiger partial charge in [-0.1, -0.05) is 6.08 Å². The molecule has 0 aromatic carbocycles. The highest BCUT2D eigenvalue weighted by molar-refractivity contribution is 5.89. The number of hydrogen-bond acceptors (Lipinski definition) is 2. The van der Waals surface area contributed by atoms with Crippen molar-refractivity contribution in [1.29, 1.82) is 0 Å². The zero-order valence-corrected chi connectivity index (χ0v) is 6.93. The molecule has 70 valence electrons. The summed E-state index contributed by atoms with van der Waals surface area (Å²) in [5.41, 5.74) is 0.419. The van der Waals surface area contributed by atoms with E-state index in [0.717, 1.165) is 0 Å². The van der Waals surface area contributed by atoms with E-state index in [1.807, 2.05) is 0 Å². The lowest BCUT2D eigenvalue weighted by Crippen LogP contribution is -2.20. The fourth-order valence-electron chi connectivity index (χ4n) is 2.41. The molecule has 0 aromatic heterocycles. The summed E-state index contributed by atoms with van der Waals surface area (Å²) in [4.78, 5) is 21.3. The van der Waals surface area contributed by atoms with Crippen molar-refractivity contribution in [1.82, 2.24) is 0 Å². The molecule has 4 nitrogen and oxygen atoms in total. The van der Waals surface area contributed by atoms with Crippen molar-refractivity contribution in [3.05, 3.63) is 11.6 Å². The lowest BCUT2D eigenvalue weighted by molar-refractivity contribution is -0.143. The van der Waals surface area contributed by atoms with Crippen LogP contribution in [0.5, 0.6) is 0 Å². The molecule has 2 bridgehead atoms. The SMILES string of the molecule is O=C(O)C1=C[C@H]2C[C@@H]1C[C@@H]2C(=O)O. The van der Waals surface area contributed by atoms with Crippen molar-refractivity contribution in [3.63, 3.8) is 0 Å². The topological polar surface area (TPSA) is 74.6 Å². The number of fused-ring (bicyclic) bond motifs is 2. The van der Waals surface area contributed by atoms with Crippen LogP contribution in [0.15, 0.2) is 11.6 Å². The summed E-state index contributed by atoms with van der Waals surface area (Å²) in [5.74, 6) is -2.12. The Balaban J connectivity index is 2.20. The second kappa shape index (κ2) is 2.58. The van der Waals surface area contributed by atoms with Gasteiger partial charge in [0.25, 0.3) is 0 Å². The maximum Gasteiger partial charge on any atom is 0.331 e. The van der Waals surface area contributed by atoms with Crippen LogP contribution < -0.4 is 0 Å². The summed E-state index contributed by atoms with van der Waals surface area (Å²) in [6, 6.07) is 0. The van der Waals surface area contributed by atoms with Gasteiger partial charge in [0, 0.05) is 5.57 Å². The molecule has 0 unspecified atom stereocenters. The molecule has 2 aliphatic rings. The minimum absolute atomic E-state index is 0.0244. The number of allylic oxidation sites excluding steroid dienone is 1. The van der Waals surface area contributed by atoms with Gasteiger partial charge in [0.2, 0.25) is 0 Å². The molecule has 0 aliphatic heterocycles. The van der Waals surface area contributed by atoms with Gasteiger partial charge in [-0.05, 0) is 24.7 Å². The molecular formula is C9H10O4. The van der Waals surface area contributed by atoms with E-state index in [2.05, 4.69) is 0 Å². The molecule has 0 amide bonds. The van der Waals surface area contributed by atoms with Gasteiger partial charge in [-0.25, -0.2) is 4.79 Å².